The average Bonchev–Trinajstić information content (AvgIpc) is 2.62. The highest BCUT2D eigenvalue weighted by molar-refractivity contribution is 5.55. The van der Waals surface area contributed by atoms with Crippen LogP contribution in [0, 0.1) is 0 Å². The predicted molar refractivity (Wildman–Crippen MR) is 94.5 cm³/mol. The average molecular weight is 312 g/mol. The molecule has 2 N–H and O–H groups in total. The zero-order chi connectivity index (χ0) is 16.1. The minimum atomic E-state index is 0.169. The molecule has 1 heterocycles. The topological polar surface area (TPSA) is 44.7 Å². The lowest BCUT2D eigenvalue weighted by atomic mass is 10.1. The van der Waals surface area contributed by atoms with Crippen LogP contribution in [-0.2, 0) is 6.54 Å². The zero-order valence-corrected chi connectivity index (χ0v) is 13.6. The summed E-state index contributed by atoms with van der Waals surface area (Å²) in [6.45, 7) is 3.03. The third-order valence-corrected chi connectivity index (χ3v) is 4.33. The molecule has 0 aromatic heterocycles. The van der Waals surface area contributed by atoms with Crippen molar-refractivity contribution in [3.63, 3.8) is 0 Å². The van der Waals surface area contributed by atoms with E-state index in [1.54, 1.807) is 13.2 Å². The third-order valence-electron chi connectivity index (χ3n) is 4.33. The van der Waals surface area contributed by atoms with Gasteiger partial charge in [0.2, 0.25) is 0 Å². The second-order valence-corrected chi connectivity index (χ2v) is 5.95. The van der Waals surface area contributed by atoms with Crippen molar-refractivity contribution in [3.8, 4) is 11.5 Å². The maximum atomic E-state index is 9.62. The molecule has 0 aliphatic carbocycles. The smallest absolute Gasteiger partial charge is 0.160 e. The first-order chi connectivity index (χ1) is 11.3. The van der Waals surface area contributed by atoms with E-state index in [-0.39, 0.29) is 5.75 Å². The summed E-state index contributed by atoms with van der Waals surface area (Å²) in [6.07, 6.45) is 3.94. The lowest BCUT2D eigenvalue weighted by Crippen LogP contribution is -2.29. The maximum absolute atomic E-state index is 9.62. The Labute approximate surface area is 137 Å². The number of benzene rings is 2. The van der Waals surface area contributed by atoms with Crippen molar-refractivity contribution < 1.29 is 9.84 Å². The number of ether oxygens (including phenoxy) is 1. The van der Waals surface area contributed by atoms with E-state index in [4.69, 9.17) is 4.74 Å². The van der Waals surface area contributed by atoms with E-state index in [0.29, 0.717) is 12.3 Å². The number of nitrogens with one attached hydrogen (secondary N) is 1. The molecule has 0 unspecified atom stereocenters. The molecule has 0 spiro atoms. The van der Waals surface area contributed by atoms with Crippen LogP contribution in [0.25, 0.3) is 0 Å². The SMILES string of the molecule is COc1cc(CNc2ccc(N3CCCCC3)cc2)ccc1O. The van der Waals surface area contributed by atoms with Crippen molar-refractivity contribution in [3.05, 3.63) is 48.0 Å². The molecule has 0 bridgehead atoms. The van der Waals surface area contributed by atoms with Crippen LogP contribution >= 0.6 is 0 Å². The summed E-state index contributed by atoms with van der Waals surface area (Å²) < 4.78 is 5.14. The number of hydrogen-bond donors (Lipinski definition) is 2. The van der Waals surface area contributed by atoms with E-state index in [9.17, 15) is 5.11 Å². The van der Waals surface area contributed by atoms with E-state index < -0.39 is 0 Å². The molecule has 2 aromatic rings. The maximum Gasteiger partial charge on any atom is 0.160 e. The number of nitrogens with zero attached hydrogens (tertiary/aromatic N) is 1. The molecule has 0 saturated carbocycles. The van der Waals surface area contributed by atoms with Crippen LogP contribution in [0.15, 0.2) is 42.5 Å². The molecular formula is C19H24N2O2. The van der Waals surface area contributed by atoms with Crippen LogP contribution in [0.5, 0.6) is 11.5 Å². The standard InChI is InChI=1S/C19H24N2O2/c1-23-19-13-15(5-10-18(19)22)14-20-16-6-8-17(9-7-16)21-11-3-2-4-12-21/h5-10,13,20,22H,2-4,11-12,14H2,1H3. The van der Waals surface area contributed by atoms with Crippen LogP contribution in [0.1, 0.15) is 24.8 Å². The van der Waals surface area contributed by atoms with E-state index in [1.165, 1.54) is 38.0 Å². The lowest BCUT2D eigenvalue weighted by molar-refractivity contribution is 0.373. The van der Waals surface area contributed by atoms with Gasteiger partial charge in [-0.15, -0.1) is 0 Å². The van der Waals surface area contributed by atoms with Crippen molar-refractivity contribution in [2.24, 2.45) is 0 Å². The summed E-state index contributed by atoms with van der Waals surface area (Å²) in [7, 11) is 1.56. The minimum absolute atomic E-state index is 0.169. The number of piperidine rings is 1. The Morgan fingerprint density at radius 2 is 1.78 bits per heavy atom. The molecule has 1 saturated heterocycles. The molecule has 122 valence electrons. The van der Waals surface area contributed by atoms with Crippen LogP contribution in [0.3, 0.4) is 0 Å². The van der Waals surface area contributed by atoms with Crippen molar-refractivity contribution in [2.45, 2.75) is 25.8 Å². The second-order valence-electron chi connectivity index (χ2n) is 5.95. The van der Waals surface area contributed by atoms with Crippen molar-refractivity contribution in [1.82, 2.24) is 0 Å². The van der Waals surface area contributed by atoms with Gasteiger partial charge in [-0.3, -0.25) is 0 Å². The first-order valence-corrected chi connectivity index (χ1v) is 8.21. The second kappa shape index (κ2) is 7.27. The molecule has 1 fully saturated rings. The minimum Gasteiger partial charge on any atom is -0.504 e. The Bertz CT molecular complexity index is 634. The number of phenols is 1. The normalized spacial score (nSPS) is 14.6. The quantitative estimate of drug-likeness (QED) is 0.876. The van der Waals surface area contributed by atoms with Gasteiger partial charge in [-0.25, -0.2) is 0 Å². The molecule has 23 heavy (non-hydrogen) atoms. The lowest BCUT2D eigenvalue weighted by Gasteiger charge is -2.28. The molecule has 1 aliphatic heterocycles. The molecule has 3 rings (SSSR count). The number of hydrogen-bond acceptors (Lipinski definition) is 4. The fourth-order valence-corrected chi connectivity index (χ4v) is 2.98. The number of anilines is 2. The fourth-order valence-electron chi connectivity index (χ4n) is 2.98. The highest BCUT2D eigenvalue weighted by atomic mass is 16.5. The molecule has 4 heteroatoms. The molecule has 1 aliphatic rings. The highest BCUT2D eigenvalue weighted by Crippen LogP contribution is 2.27. The molecular weight excluding hydrogens is 288 g/mol. The van der Waals surface area contributed by atoms with Crippen LogP contribution in [0.2, 0.25) is 0 Å². The van der Waals surface area contributed by atoms with Gasteiger partial charge in [-0.2, -0.15) is 0 Å². The largest absolute Gasteiger partial charge is 0.504 e. The number of methoxy groups -OCH3 is 1. The van der Waals surface area contributed by atoms with Gasteiger partial charge in [0, 0.05) is 31.0 Å². The van der Waals surface area contributed by atoms with Gasteiger partial charge in [0.25, 0.3) is 0 Å². The van der Waals surface area contributed by atoms with E-state index in [2.05, 4.69) is 34.5 Å². The summed E-state index contributed by atoms with van der Waals surface area (Å²) in [5.74, 6) is 0.673. The predicted octanol–water partition coefficient (Wildman–Crippen LogP) is 4.00. The van der Waals surface area contributed by atoms with Crippen LogP contribution in [0.4, 0.5) is 11.4 Å². The van der Waals surface area contributed by atoms with Gasteiger partial charge in [0.15, 0.2) is 11.5 Å². The molecule has 0 atom stereocenters. The number of aromatic hydroxyl groups is 1. The first-order valence-electron chi connectivity index (χ1n) is 8.21. The van der Waals surface area contributed by atoms with Crippen LogP contribution < -0.4 is 15.0 Å². The number of phenolic OH excluding ortho intramolecular Hbond substituents is 1. The van der Waals surface area contributed by atoms with Gasteiger partial charge in [0.1, 0.15) is 0 Å². The fraction of sp³-hybridized carbons (Fsp3) is 0.368. The van der Waals surface area contributed by atoms with Crippen molar-refractivity contribution >= 4 is 11.4 Å². The number of rotatable bonds is 5. The van der Waals surface area contributed by atoms with E-state index in [0.717, 1.165) is 11.3 Å². The third kappa shape index (κ3) is 3.89. The first kappa shape index (κ1) is 15.5. The Morgan fingerprint density at radius 1 is 1.04 bits per heavy atom. The van der Waals surface area contributed by atoms with Gasteiger partial charge in [-0.05, 0) is 61.2 Å². The summed E-state index contributed by atoms with van der Waals surface area (Å²) in [5.41, 5.74) is 3.47. The van der Waals surface area contributed by atoms with Crippen molar-refractivity contribution in [1.29, 1.82) is 0 Å². The summed E-state index contributed by atoms with van der Waals surface area (Å²) in [5, 5.41) is 13.0. The monoisotopic (exact) mass is 312 g/mol. The zero-order valence-electron chi connectivity index (χ0n) is 13.6. The highest BCUT2D eigenvalue weighted by Gasteiger charge is 2.10. The molecule has 4 nitrogen and oxygen atoms in total. The van der Waals surface area contributed by atoms with Gasteiger partial charge < -0.3 is 20.1 Å². The van der Waals surface area contributed by atoms with E-state index >= 15 is 0 Å². The van der Waals surface area contributed by atoms with Gasteiger partial charge in [0.05, 0.1) is 7.11 Å². The molecule has 0 amide bonds. The van der Waals surface area contributed by atoms with Crippen LogP contribution in [-0.4, -0.2) is 25.3 Å². The summed E-state index contributed by atoms with van der Waals surface area (Å²) in [4.78, 5) is 2.46. The Kier molecular flexibility index (Phi) is 4.91. The van der Waals surface area contributed by atoms with Gasteiger partial charge in [-0.1, -0.05) is 6.07 Å². The molecule has 2 aromatic carbocycles. The Hall–Kier alpha value is -2.36. The van der Waals surface area contributed by atoms with Crippen molar-refractivity contribution in [2.75, 3.05) is 30.4 Å². The van der Waals surface area contributed by atoms with E-state index in [1.807, 2.05) is 12.1 Å². The Balaban J connectivity index is 1.60. The summed E-state index contributed by atoms with van der Waals surface area (Å²) >= 11 is 0. The summed E-state index contributed by atoms with van der Waals surface area (Å²) in [6, 6.07) is 14.0. The van der Waals surface area contributed by atoms with Gasteiger partial charge >= 0.3 is 0 Å². The molecule has 0 radical (unpaired) electrons. The Morgan fingerprint density at radius 3 is 2.48 bits per heavy atom.